The first-order chi connectivity index (χ1) is 9.06. The summed E-state index contributed by atoms with van der Waals surface area (Å²) in [5.41, 5.74) is 5.58. The van der Waals surface area contributed by atoms with Crippen molar-refractivity contribution in [2.75, 3.05) is 19.6 Å². The number of nitrogens with one attached hydrogen (secondary N) is 2. The molecule has 0 aliphatic rings. The average Bonchev–Trinajstić information content (AvgIpc) is 2.42. The van der Waals surface area contributed by atoms with Crippen molar-refractivity contribution in [3.63, 3.8) is 0 Å². The van der Waals surface area contributed by atoms with Crippen molar-refractivity contribution >= 4 is 40.0 Å². The first kappa shape index (κ1) is 19.1. The Bertz CT molecular complexity index is 505. The van der Waals surface area contributed by atoms with Gasteiger partial charge in [-0.3, -0.25) is 4.99 Å². The first-order valence-corrected chi connectivity index (χ1v) is 7.63. The highest BCUT2D eigenvalue weighted by molar-refractivity contribution is 14.0. The lowest BCUT2D eigenvalue weighted by molar-refractivity contribution is 0.581. The van der Waals surface area contributed by atoms with E-state index in [1.54, 1.807) is 30.3 Å². The van der Waals surface area contributed by atoms with Crippen molar-refractivity contribution < 1.29 is 8.42 Å². The van der Waals surface area contributed by atoms with Crippen LogP contribution in [0.15, 0.2) is 40.2 Å². The van der Waals surface area contributed by atoms with E-state index in [2.05, 4.69) is 15.0 Å². The topological polar surface area (TPSA) is 96.6 Å². The maximum atomic E-state index is 11.8. The van der Waals surface area contributed by atoms with Crippen LogP contribution in [0.1, 0.15) is 13.3 Å². The number of aliphatic imine (C=N–C) groups is 1. The maximum absolute atomic E-state index is 11.8. The van der Waals surface area contributed by atoms with Crippen molar-refractivity contribution in [2.45, 2.75) is 18.2 Å². The van der Waals surface area contributed by atoms with Gasteiger partial charge in [-0.2, -0.15) is 0 Å². The first-order valence-electron chi connectivity index (χ1n) is 6.14. The Hall–Kier alpha value is -0.870. The molecule has 0 aliphatic carbocycles. The van der Waals surface area contributed by atoms with Gasteiger partial charge in [0.25, 0.3) is 0 Å². The molecular weight excluding hydrogens is 391 g/mol. The zero-order chi connectivity index (χ0) is 14.1. The van der Waals surface area contributed by atoms with Crippen LogP contribution in [0.25, 0.3) is 0 Å². The second-order valence-electron chi connectivity index (χ2n) is 3.90. The van der Waals surface area contributed by atoms with Crippen molar-refractivity contribution in [1.82, 2.24) is 10.0 Å². The zero-order valence-electron chi connectivity index (χ0n) is 11.4. The fourth-order valence-corrected chi connectivity index (χ4v) is 2.40. The number of halogens is 1. The van der Waals surface area contributed by atoms with Crippen LogP contribution >= 0.6 is 24.0 Å². The Morgan fingerprint density at radius 3 is 2.50 bits per heavy atom. The van der Waals surface area contributed by atoms with Crippen molar-refractivity contribution in [1.29, 1.82) is 0 Å². The molecular formula is C12H21IN4O2S. The molecule has 0 radical (unpaired) electrons. The number of benzene rings is 1. The fourth-order valence-electron chi connectivity index (χ4n) is 1.35. The van der Waals surface area contributed by atoms with E-state index in [1.165, 1.54) is 0 Å². The Balaban J connectivity index is 0.00000361. The van der Waals surface area contributed by atoms with Gasteiger partial charge in [0, 0.05) is 19.6 Å². The summed E-state index contributed by atoms with van der Waals surface area (Å²) < 4.78 is 26.2. The number of hydrogen-bond donors (Lipinski definition) is 3. The van der Waals surface area contributed by atoms with Crippen molar-refractivity contribution in [2.24, 2.45) is 10.7 Å². The van der Waals surface area contributed by atoms with E-state index in [0.717, 1.165) is 6.42 Å². The summed E-state index contributed by atoms with van der Waals surface area (Å²) in [6, 6.07) is 8.23. The van der Waals surface area contributed by atoms with Gasteiger partial charge in [0.1, 0.15) is 0 Å². The molecule has 0 atom stereocenters. The second-order valence-corrected chi connectivity index (χ2v) is 5.67. The summed E-state index contributed by atoms with van der Waals surface area (Å²) in [5, 5.41) is 2.84. The number of nitrogens with two attached hydrogens (primary N) is 1. The summed E-state index contributed by atoms with van der Waals surface area (Å²) in [5.74, 6) is 0.334. The minimum absolute atomic E-state index is 0. The molecule has 0 saturated carbocycles. The van der Waals surface area contributed by atoms with Crippen molar-refractivity contribution in [3.8, 4) is 0 Å². The lowest BCUT2D eigenvalue weighted by Gasteiger charge is -2.08. The highest BCUT2D eigenvalue weighted by Crippen LogP contribution is 2.06. The third kappa shape index (κ3) is 7.06. The number of hydrogen-bond acceptors (Lipinski definition) is 3. The molecule has 0 saturated heterocycles. The minimum Gasteiger partial charge on any atom is -0.370 e. The van der Waals surface area contributed by atoms with E-state index < -0.39 is 10.0 Å². The van der Waals surface area contributed by atoms with E-state index in [-0.39, 0.29) is 35.4 Å². The molecule has 1 aromatic carbocycles. The van der Waals surface area contributed by atoms with E-state index in [1.807, 2.05) is 6.92 Å². The lowest BCUT2D eigenvalue weighted by atomic mass is 10.4. The molecule has 0 unspecified atom stereocenters. The zero-order valence-corrected chi connectivity index (χ0v) is 14.5. The third-order valence-corrected chi connectivity index (χ3v) is 3.76. The third-order valence-electron chi connectivity index (χ3n) is 2.28. The summed E-state index contributed by atoms with van der Waals surface area (Å²) in [6.07, 6.45) is 0.920. The van der Waals surface area contributed by atoms with Gasteiger partial charge >= 0.3 is 0 Å². The van der Waals surface area contributed by atoms with Crippen LogP contribution in [0.4, 0.5) is 0 Å². The Kier molecular flexibility index (Phi) is 9.51. The minimum atomic E-state index is -3.45. The number of sulfonamides is 1. The monoisotopic (exact) mass is 412 g/mol. The molecule has 0 amide bonds. The van der Waals surface area contributed by atoms with Crippen LogP contribution in [0, 0.1) is 0 Å². The smallest absolute Gasteiger partial charge is 0.240 e. The quantitative estimate of drug-likeness (QED) is 0.268. The lowest BCUT2D eigenvalue weighted by Crippen LogP contribution is -2.38. The SMILES string of the molecule is CCCN=C(N)NCCNS(=O)(=O)c1ccccc1.I. The Morgan fingerprint density at radius 2 is 1.90 bits per heavy atom. The standard InChI is InChI=1S/C12H20N4O2S.HI/c1-2-8-14-12(13)15-9-10-16-19(17,18)11-6-4-3-5-7-11;/h3-7,16H,2,8-10H2,1H3,(H3,13,14,15);1H. The number of rotatable bonds is 7. The predicted octanol–water partition coefficient (Wildman–Crippen LogP) is 0.897. The molecule has 1 rings (SSSR count). The molecule has 0 heterocycles. The average molecular weight is 412 g/mol. The van der Waals surface area contributed by atoms with Gasteiger partial charge in [0.15, 0.2) is 5.96 Å². The Labute approximate surface area is 137 Å². The number of nitrogens with zero attached hydrogens (tertiary/aromatic N) is 1. The molecule has 4 N–H and O–H groups in total. The van der Waals surface area contributed by atoms with Crippen molar-refractivity contribution in [3.05, 3.63) is 30.3 Å². The highest BCUT2D eigenvalue weighted by Gasteiger charge is 2.11. The van der Waals surface area contributed by atoms with Gasteiger partial charge in [-0.1, -0.05) is 25.1 Å². The molecule has 0 aromatic heterocycles. The largest absolute Gasteiger partial charge is 0.370 e. The van der Waals surface area contributed by atoms with E-state index in [9.17, 15) is 8.42 Å². The maximum Gasteiger partial charge on any atom is 0.240 e. The van der Waals surface area contributed by atoms with Gasteiger partial charge in [0.05, 0.1) is 4.90 Å². The van der Waals surface area contributed by atoms with Crippen LogP contribution in [0.3, 0.4) is 0 Å². The fraction of sp³-hybridized carbons (Fsp3) is 0.417. The summed E-state index contributed by atoms with van der Waals surface area (Å²) in [7, 11) is -3.45. The highest BCUT2D eigenvalue weighted by atomic mass is 127. The molecule has 20 heavy (non-hydrogen) atoms. The molecule has 0 fully saturated rings. The van der Waals surface area contributed by atoms with Gasteiger partial charge in [0.2, 0.25) is 10.0 Å². The molecule has 0 aliphatic heterocycles. The van der Waals surface area contributed by atoms with Gasteiger partial charge in [-0.15, -0.1) is 24.0 Å². The summed E-state index contributed by atoms with van der Waals surface area (Å²) >= 11 is 0. The van der Waals surface area contributed by atoms with Crippen LogP contribution < -0.4 is 15.8 Å². The van der Waals surface area contributed by atoms with E-state index >= 15 is 0 Å². The van der Waals surface area contributed by atoms with E-state index in [0.29, 0.717) is 19.0 Å². The molecule has 8 heteroatoms. The summed E-state index contributed by atoms with van der Waals surface area (Å²) in [6.45, 7) is 3.31. The van der Waals surface area contributed by atoms with Gasteiger partial charge in [-0.25, -0.2) is 13.1 Å². The van der Waals surface area contributed by atoms with Crippen LogP contribution in [-0.2, 0) is 10.0 Å². The van der Waals surface area contributed by atoms with Crippen LogP contribution in [0.2, 0.25) is 0 Å². The second kappa shape index (κ2) is 9.94. The normalized spacial score (nSPS) is 11.8. The predicted molar refractivity (Wildman–Crippen MR) is 91.8 cm³/mol. The van der Waals surface area contributed by atoms with Gasteiger partial charge in [-0.05, 0) is 18.6 Å². The molecule has 6 nitrogen and oxygen atoms in total. The van der Waals surface area contributed by atoms with Crippen LogP contribution in [-0.4, -0.2) is 34.0 Å². The van der Waals surface area contributed by atoms with Gasteiger partial charge < -0.3 is 11.1 Å². The molecule has 114 valence electrons. The molecule has 0 bridgehead atoms. The van der Waals surface area contributed by atoms with E-state index in [4.69, 9.17) is 5.73 Å². The summed E-state index contributed by atoms with van der Waals surface area (Å²) in [4.78, 5) is 4.29. The van der Waals surface area contributed by atoms with Crippen LogP contribution in [0.5, 0.6) is 0 Å². The molecule has 0 spiro atoms. The Morgan fingerprint density at radius 1 is 1.25 bits per heavy atom. The number of guanidine groups is 1. The molecule has 1 aromatic rings.